The van der Waals surface area contributed by atoms with Gasteiger partial charge in [-0.25, -0.2) is 0 Å². The molecule has 0 spiro atoms. The lowest BCUT2D eigenvalue weighted by atomic mass is 10.1. The monoisotopic (exact) mass is 305 g/mol. The van der Waals surface area contributed by atoms with Gasteiger partial charge in [0.15, 0.2) is 0 Å². The van der Waals surface area contributed by atoms with E-state index in [-0.39, 0.29) is 5.91 Å². The van der Waals surface area contributed by atoms with Crippen LogP contribution in [0.5, 0.6) is 0 Å². The largest absolute Gasteiger partial charge is 0.279 e. The smallest absolute Gasteiger partial charge is 0.236 e. The van der Waals surface area contributed by atoms with E-state index in [0.29, 0.717) is 22.2 Å². The van der Waals surface area contributed by atoms with E-state index in [4.69, 9.17) is 23.2 Å². The van der Waals surface area contributed by atoms with E-state index in [1.54, 1.807) is 4.90 Å². The summed E-state index contributed by atoms with van der Waals surface area (Å²) < 4.78 is 0. The van der Waals surface area contributed by atoms with Crippen LogP contribution in [0.3, 0.4) is 0 Å². The van der Waals surface area contributed by atoms with Gasteiger partial charge in [0.05, 0.1) is 27.8 Å². The predicted octanol–water partition coefficient (Wildman–Crippen LogP) is 4.83. The first-order valence-corrected chi connectivity index (χ1v) is 7.11. The molecule has 0 saturated heterocycles. The molecule has 3 rings (SSSR count). The number of amides is 1. The van der Waals surface area contributed by atoms with Crippen LogP contribution in [-0.2, 0) is 11.2 Å². The molecule has 20 heavy (non-hydrogen) atoms. The van der Waals surface area contributed by atoms with Crippen LogP contribution in [0.2, 0.25) is 10.0 Å². The minimum Gasteiger partial charge on any atom is -0.279 e. The van der Waals surface area contributed by atoms with Gasteiger partial charge in [-0.1, -0.05) is 47.0 Å². The highest BCUT2D eigenvalue weighted by atomic mass is 35.5. The van der Waals surface area contributed by atoms with E-state index in [0.717, 1.165) is 22.4 Å². The average molecular weight is 306 g/mol. The maximum absolute atomic E-state index is 12.3. The minimum absolute atomic E-state index is 0.0208. The number of halogens is 2. The summed E-state index contributed by atoms with van der Waals surface area (Å²) in [4.78, 5) is 14.0. The van der Waals surface area contributed by atoms with Crippen molar-refractivity contribution in [1.82, 2.24) is 0 Å². The molecular weight excluding hydrogens is 293 g/mol. The van der Waals surface area contributed by atoms with Crippen molar-refractivity contribution < 1.29 is 4.79 Å². The number of carbonyl (C=O) groups is 1. The average Bonchev–Trinajstić information content (AvgIpc) is 2.72. The summed E-state index contributed by atoms with van der Waals surface area (Å²) in [5, 5.41) is 0.922. The van der Waals surface area contributed by atoms with Gasteiger partial charge in [-0.05, 0) is 37.1 Å². The molecule has 0 fully saturated rings. The van der Waals surface area contributed by atoms with Crippen molar-refractivity contribution in [1.29, 1.82) is 0 Å². The number of benzene rings is 2. The number of fused-ring (bicyclic) bond motifs is 1. The van der Waals surface area contributed by atoms with E-state index in [9.17, 15) is 4.79 Å². The molecule has 102 valence electrons. The molecule has 0 saturated carbocycles. The molecule has 0 aromatic heterocycles. The van der Waals surface area contributed by atoms with E-state index in [2.05, 4.69) is 0 Å². The van der Waals surface area contributed by atoms with Crippen LogP contribution < -0.4 is 4.90 Å². The first kappa shape index (κ1) is 13.5. The Bertz CT molecular complexity index is 725. The van der Waals surface area contributed by atoms with Crippen molar-refractivity contribution in [2.45, 2.75) is 20.3 Å². The molecule has 1 amide bonds. The summed E-state index contributed by atoms with van der Waals surface area (Å²) in [6, 6.07) is 9.71. The fourth-order valence-electron chi connectivity index (χ4n) is 2.52. The summed E-state index contributed by atoms with van der Waals surface area (Å²) in [5.74, 6) is 0.0208. The van der Waals surface area contributed by atoms with Crippen LogP contribution >= 0.6 is 23.2 Å². The number of carbonyl (C=O) groups excluding carboxylic acids is 1. The molecule has 0 unspecified atom stereocenters. The minimum atomic E-state index is 0.0208. The van der Waals surface area contributed by atoms with Gasteiger partial charge >= 0.3 is 0 Å². The van der Waals surface area contributed by atoms with Gasteiger partial charge < -0.3 is 0 Å². The number of hydrogen-bond acceptors (Lipinski definition) is 1. The lowest BCUT2D eigenvalue weighted by molar-refractivity contribution is -0.116. The van der Waals surface area contributed by atoms with E-state index in [1.165, 1.54) is 0 Å². The standard InChI is InChI=1S/C16H13Cl2NO/c1-9-3-5-12-11(7-9)8-14(20)19(12)13-6-4-10(2)15(17)16(13)18/h3-7H,8H2,1-2H3. The lowest BCUT2D eigenvalue weighted by Gasteiger charge is -2.20. The van der Waals surface area contributed by atoms with Gasteiger partial charge in [-0.3, -0.25) is 9.69 Å². The van der Waals surface area contributed by atoms with Crippen LogP contribution in [0.15, 0.2) is 30.3 Å². The molecule has 1 aliphatic heterocycles. The Balaban J connectivity index is 2.17. The Morgan fingerprint density at radius 1 is 1.00 bits per heavy atom. The number of aryl methyl sites for hydroxylation is 2. The fourth-order valence-corrected chi connectivity index (χ4v) is 2.98. The van der Waals surface area contributed by atoms with Crippen molar-refractivity contribution in [2.75, 3.05) is 4.90 Å². The highest BCUT2D eigenvalue weighted by Gasteiger charge is 2.30. The van der Waals surface area contributed by atoms with Crippen LogP contribution in [0, 0.1) is 13.8 Å². The first-order valence-electron chi connectivity index (χ1n) is 6.36. The second kappa shape index (κ2) is 4.80. The van der Waals surface area contributed by atoms with E-state index < -0.39 is 0 Å². The molecule has 4 heteroatoms. The van der Waals surface area contributed by atoms with E-state index >= 15 is 0 Å². The fraction of sp³-hybridized carbons (Fsp3) is 0.188. The van der Waals surface area contributed by atoms with Crippen molar-refractivity contribution in [2.24, 2.45) is 0 Å². The molecule has 0 atom stereocenters. The number of hydrogen-bond donors (Lipinski definition) is 0. The normalized spacial score (nSPS) is 13.8. The molecule has 1 heterocycles. The van der Waals surface area contributed by atoms with Crippen molar-refractivity contribution in [3.8, 4) is 0 Å². The van der Waals surface area contributed by atoms with Gasteiger partial charge in [-0.15, -0.1) is 0 Å². The summed E-state index contributed by atoms with van der Waals surface area (Å²) in [6.07, 6.45) is 0.402. The Morgan fingerprint density at radius 3 is 2.45 bits per heavy atom. The van der Waals surface area contributed by atoms with Crippen molar-refractivity contribution in [3.63, 3.8) is 0 Å². The summed E-state index contributed by atoms with van der Waals surface area (Å²) in [7, 11) is 0. The number of rotatable bonds is 1. The third kappa shape index (κ3) is 2.00. The predicted molar refractivity (Wildman–Crippen MR) is 83.2 cm³/mol. The summed E-state index contributed by atoms with van der Waals surface area (Å²) in [6.45, 7) is 3.91. The van der Waals surface area contributed by atoms with Gasteiger partial charge in [0.25, 0.3) is 0 Å². The van der Waals surface area contributed by atoms with Crippen molar-refractivity contribution in [3.05, 3.63) is 57.1 Å². The molecule has 2 nitrogen and oxygen atoms in total. The van der Waals surface area contributed by atoms with E-state index in [1.807, 2.05) is 44.2 Å². The molecule has 0 aliphatic carbocycles. The van der Waals surface area contributed by atoms with Crippen LogP contribution in [0.1, 0.15) is 16.7 Å². The molecule has 0 radical (unpaired) electrons. The number of nitrogens with zero attached hydrogens (tertiary/aromatic N) is 1. The van der Waals surface area contributed by atoms with Gasteiger partial charge in [0.1, 0.15) is 0 Å². The second-order valence-electron chi connectivity index (χ2n) is 5.07. The highest BCUT2D eigenvalue weighted by molar-refractivity contribution is 6.44. The topological polar surface area (TPSA) is 20.3 Å². The molecule has 2 aromatic rings. The first-order chi connectivity index (χ1) is 9.49. The Kier molecular flexibility index (Phi) is 3.23. The second-order valence-corrected chi connectivity index (χ2v) is 5.82. The van der Waals surface area contributed by atoms with Crippen LogP contribution in [-0.4, -0.2) is 5.91 Å². The highest BCUT2D eigenvalue weighted by Crippen LogP contribution is 2.42. The molecule has 2 aromatic carbocycles. The molecule has 1 aliphatic rings. The Hall–Kier alpha value is -1.51. The molecular formula is C16H13Cl2NO. The van der Waals surface area contributed by atoms with Gasteiger partial charge in [-0.2, -0.15) is 0 Å². The molecule has 0 bridgehead atoms. The zero-order valence-electron chi connectivity index (χ0n) is 11.2. The zero-order chi connectivity index (χ0) is 14.4. The SMILES string of the molecule is Cc1ccc2c(c1)CC(=O)N2c1ccc(C)c(Cl)c1Cl. The lowest BCUT2D eigenvalue weighted by Crippen LogP contribution is -2.21. The maximum atomic E-state index is 12.3. The zero-order valence-corrected chi connectivity index (χ0v) is 12.7. The van der Waals surface area contributed by atoms with Crippen LogP contribution in [0.25, 0.3) is 0 Å². The third-order valence-electron chi connectivity index (χ3n) is 3.56. The Labute approximate surface area is 127 Å². The quantitative estimate of drug-likeness (QED) is 0.739. The summed E-state index contributed by atoms with van der Waals surface area (Å²) in [5.41, 5.74) is 4.61. The summed E-state index contributed by atoms with van der Waals surface area (Å²) >= 11 is 12.5. The maximum Gasteiger partial charge on any atom is 0.236 e. The van der Waals surface area contributed by atoms with Crippen molar-refractivity contribution >= 4 is 40.5 Å². The molecule has 0 N–H and O–H groups in total. The third-order valence-corrected chi connectivity index (χ3v) is 4.53. The van der Waals surface area contributed by atoms with Crippen LogP contribution in [0.4, 0.5) is 11.4 Å². The van der Waals surface area contributed by atoms with Gasteiger partial charge in [0.2, 0.25) is 5.91 Å². The number of anilines is 2. The Morgan fingerprint density at radius 2 is 1.70 bits per heavy atom. The van der Waals surface area contributed by atoms with Gasteiger partial charge in [0, 0.05) is 0 Å².